The number of nitrogens with one attached hydrogen (secondary N) is 1. The van der Waals surface area contributed by atoms with E-state index in [1.54, 1.807) is 4.68 Å². The SMILES string of the molecule is Cc1nn(C)c(C)c1NCc1cn(CCO)nn1. The number of rotatable bonds is 5. The van der Waals surface area contributed by atoms with Crippen LogP contribution in [0, 0.1) is 13.8 Å². The lowest BCUT2D eigenvalue weighted by Crippen LogP contribution is -2.03. The molecule has 18 heavy (non-hydrogen) atoms. The first-order chi connectivity index (χ1) is 8.61. The van der Waals surface area contributed by atoms with Gasteiger partial charge in [-0.15, -0.1) is 5.10 Å². The Morgan fingerprint density at radius 3 is 2.78 bits per heavy atom. The van der Waals surface area contributed by atoms with Crippen LogP contribution in [0.4, 0.5) is 5.69 Å². The van der Waals surface area contributed by atoms with Crippen LogP contribution >= 0.6 is 0 Å². The molecule has 0 saturated heterocycles. The number of aromatic nitrogens is 5. The van der Waals surface area contributed by atoms with Gasteiger partial charge in [0.2, 0.25) is 0 Å². The average molecular weight is 250 g/mol. The molecule has 0 bridgehead atoms. The van der Waals surface area contributed by atoms with E-state index >= 15 is 0 Å². The van der Waals surface area contributed by atoms with Crippen molar-refractivity contribution in [2.24, 2.45) is 7.05 Å². The van der Waals surface area contributed by atoms with Gasteiger partial charge >= 0.3 is 0 Å². The van der Waals surface area contributed by atoms with Crippen LogP contribution < -0.4 is 5.32 Å². The Hall–Kier alpha value is -1.89. The van der Waals surface area contributed by atoms with Crippen molar-refractivity contribution in [3.8, 4) is 0 Å². The summed E-state index contributed by atoms with van der Waals surface area (Å²) in [4.78, 5) is 0. The van der Waals surface area contributed by atoms with Crippen molar-refractivity contribution in [1.82, 2.24) is 24.8 Å². The molecule has 0 fully saturated rings. The Balaban J connectivity index is 2.02. The Bertz CT molecular complexity index is 530. The minimum atomic E-state index is 0.0665. The van der Waals surface area contributed by atoms with Crippen molar-refractivity contribution in [3.63, 3.8) is 0 Å². The second-order valence-corrected chi connectivity index (χ2v) is 4.22. The highest BCUT2D eigenvalue weighted by molar-refractivity contribution is 5.51. The summed E-state index contributed by atoms with van der Waals surface area (Å²) >= 11 is 0. The molecule has 0 unspecified atom stereocenters. The fourth-order valence-corrected chi connectivity index (χ4v) is 1.84. The van der Waals surface area contributed by atoms with Crippen molar-refractivity contribution >= 4 is 5.69 Å². The number of hydrogen-bond donors (Lipinski definition) is 2. The molecule has 0 aliphatic heterocycles. The third kappa shape index (κ3) is 2.51. The molecule has 7 heteroatoms. The van der Waals surface area contributed by atoms with Crippen LogP contribution in [-0.4, -0.2) is 36.5 Å². The van der Waals surface area contributed by atoms with Gasteiger partial charge in [-0.3, -0.25) is 4.68 Å². The van der Waals surface area contributed by atoms with Gasteiger partial charge in [0.25, 0.3) is 0 Å². The van der Waals surface area contributed by atoms with Crippen LogP contribution in [0.5, 0.6) is 0 Å². The molecule has 0 aromatic carbocycles. The topological polar surface area (TPSA) is 80.8 Å². The Morgan fingerprint density at radius 2 is 2.17 bits per heavy atom. The lowest BCUT2D eigenvalue weighted by atomic mass is 10.3. The molecule has 0 amide bonds. The van der Waals surface area contributed by atoms with Crippen LogP contribution in [0.2, 0.25) is 0 Å². The maximum absolute atomic E-state index is 8.80. The Labute approximate surface area is 105 Å². The van der Waals surface area contributed by atoms with E-state index in [0.29, 0.717) is 13.1 Å². The van der Waals surface area contributed by atoms with E-state index in [1.807, 2.05) is 31.8 Å². The maximum atomic E-state index is 8.80. The molecule has 2 rings (SSSR count). The number of nitrogens with zero attached hydrogens (tertiary/aromatic N) is 5. The quantitative estimate of drug-likeness (QED) is 0.794. The van der Waals surface area contributed by atoms with Gasteiger partial charge in [0.05, 0.1) is 43.0 Å². The zero-order valence-corrected chi connectivity index (χ0v) is 10.9. The zero-order chi connectivity index (χ0) is 13.1. The van der Waals surface area contributed by atoms with Gasteiger partial charge in [-0.25, -0.2) is 4.68 Å². The predicted molar refractivity (Wildman–Crippen MR) is 67.1 cm³/mol. The summed E-state index contributed by atoms with van der Waals surface area (Å²) in [6.07, 6.45) is 1.82. The molecule has 2 aromatic rings. The van der Waals surface area contributed by atoms with Crippen molar-refractivity contribution in [2.45, 2.75) is 26.9 Å². The van der Waals surface area contributed by atoms with Crippen LogP contribution in [0.25, 0.3) is 0 Å². The van der Waals surface area contributed by atoms with Crippen molar-refractivity contribution in [2.75, 3.05) is 11.9 Å². The van der Waals surface area contributed by atoms with E-state index in [9.17, 15) is 0 Å². The predicted octanol–water partition coefficient (Wildman–Crippen LogP) is 0.233. The fraction of sp³-hybridized carbons (Fsp3) is 0.545. The summed E-state index contributed by atoms with van der Waals surface area (Å²) < 4.78 is 3.47. The standard InChI is InChI=1S/C11H18N6O/c1-8-11(9(2)16(3)14-8)12-6-10-7-17(4-5-18)15-13-10/h7,12,18H,4-6H2,1-3H3. The van der Waals surface area contributed by atoms with Gasteiger partial charge in [-0.05, 0) is 13.8 Å². The highest BCUT2D eigenvalue weighted by Crippen LogP contribution is 2.18. The fourth-order valence-electron chi connectivity index (χ4n) is 1.84. The van der Waals surface area contributed by atoms with Crippen molar-refractivity contribution in [1.29, 1.82) is 0 Å². The van der Waals surface area contributed by atoms with Crippen molar-refractivity contribution < 1.29 is 5.11 Å². The maximum Gasteiger partial charge on any atom is 0.102 e. The summed E-state index contributed by atoms with van der Waals surface area (Å²) in [6.45, 7) is 5.12. The van der Waals surface area contributed by atoms with E-state index in [1.165, 1.54) is 0 Å². The van der Waals surface area contributed by atoms with Crippen LogP contribution in [0.3, 0.4) is 0 Å². The van der Waals surface area contributed by atoms with E-state index in [4.69, 9.17) is 5.11 Å². The third-order valence-corrected chi connectivity index (χ3v) is 2.87. The molecule has 98 valence electrons. The van der Waals surface area contributed by atoms with Gasteiger partial charge in [0.15, 0.2) is 0 Å². The van der Waals surface area contributed by atoms with Crippen LogP contribution in [0.1, 0.15) is 17.1 Å². The Kier molecular flexibility index (Phi) is 3.61. The second kappa shape index (κ2) is 5.18. The minimum absolute atomic E-state index is 0.0665. The van der Waals surface area contributed by atoms with Crippen LogP contribution in [0.15, 0.2) is 6.20 Å². The highest BCUT2D eigenvalue weighted by atomic mass is 16.3. The van der Waals surface area contributed by atoms with Gasteiger partial charge < -0.3 is 10.4 Å². The van der Waals surface area contributed by atoms with Crippen LogP contribution in [-0.2, 0) is 20.1 Å². The molecule has 7 nitrogen and oxygen atoms in total. The molecular weight excluding hydrogens is 232 g/mol. The number of aliphatic hydroxyl groups excluding tert-OH is 1. The lowest BCUT2D eigenvalue weighted by Gasteiger charge is -2.04. The summed E-state index contributed by atoms with van der Waals surface area (Å²) in [5.41, 5.74) is 3.94. The normalized spacial score (nSPS) is 10.9. The first-order valence-corrected chi connectivity index (χ1v) is 5.85. The molecule has 0 spiro atoms. The van der Waals surface area contributed by atoms with E-state index in [2.05, 4.69) is 20.7 Å². The highest BCUT2D eigenvalue weighted by Gasteiger charge is 2.09. The Morgan fingerprint density at radius 1 is 1.39 bits per heavy atom. The average Bonchev–Trinajstić information content (AvgIpc) is 2.85. The van der Waals surface area contributed by atoms with E-state index < -0.39 is 0 Å². The van der Waals surface area contributed by atoms with E-state index in [-0.39, 0.29) is 6.61 Å². The molecule has 2 aromatic heterocycles. The third-order valence-electron chi connectivity index (χ3n) is 2.87. The lowest BCUT2D eigenvalue weighted by molar-refractivity contribution is 0.268. The summed E-state index contributed by atoms with van der Waals surface area (Å²) in [5, 5.41) is 24.4. The van der Waals surface area contributed by atoms with Gasteiger partial charge in [-0.2, -0.15) is 5.10 Å². The first-order valence-electron chi connectivity index (χ1n) is 5.85. The molecule has 0 saturated carbocycles. The minimum Gasteiger partial charge on any atom is -0.394 e. The molecule has 0 atom stereocenters. The van der Waals surface area contributed by atoms with E-state index in [0.717, 1.165) is 22.8 Å². The van der Waals surface area contributed by atoms with Gasteiger partial charge in [0.1, 0.15) is 5.69 Å². The molecule has 0 radical (unpaired) electrons. The number of aliphatic hydroxyl groups is 1. The van der Waals surface area contributed by atoms with Gasteiger partial charge in [0, 0.05) is 7.05 Å². The largest absolute Gasteiger partial charge is 0.394 e. The molecule has 0 aliphatic carbocycles. The second-order valence-electron chi connectivity index (χ2n) is 4.22. The van der Waals surface area contributed by atoms with Gasteiger partial charge in [-0.1, -0.05) is 5.21 Å². The number of aryl methyl sites for hydroxylation is 2. The number of anilines is 1. The van der Waals surface area contributed by atoms with Crippen molar-refractivity contribution in [3.05, 3.63) is 23.3 Å². The monoisotopic (exact) mass is 250 g/mol. The smallest absolute Gasteiger partial charge is 0.102 e. The summed E-state index contributed by atoms with van der Waals surface area (Å²) in [7, 11) is 1.92. The summed E-state index contributed by atoms with van der Waals surface area (Å²) in [5.74, 6) is 0. The molecule has 0 aliphatic rings. The molecular formula is C11H18N6O. The number of hydrogen-bond acceptors (Lipinski definition) is 5. The molecule has 2 heterocycles. The summed E-state index contributed by atoms with van der Waals surface area (Å²) in [6, 6.07) is 0. The zero-order valence-electron chi connectivity index (χ0n) is 10.9. The first kappa shape index (κ1) is 12.6. The molecule has 2 N–H and O–H groups in total.